The fourth-order valence-corrected chi connectivity index (χ4v) is 4.59. The van der Waals surface area contributed by atoms with Crippen molar-refractivity contribution in [2.75, 3.05) is 26.3 Å². The average Bonchev–Trinajstić information content (AvgIpc) is 3.46. The number of hydrogen-bond acceptors (Lipinski definition) is 6. The molecule has 0 aliphatic carbocycles. The van der Waals surface area contributed by atoms with Crippen LogP contribution in [-0.4, -0.2) is 51.5 Å². The molecule has 1 atom stereocenters. The molecule has 31 heavy (non-hydrogen) atoms. The van der Waals surface area contributed by atoms with E-state index in [4.69, 9.17) is 9.47 Å². The molecule has 3 aromatic rings. The van der Waals surface area contributed by atoms with Crippen molar-refractivity contribution >= 4 is 10.9 Å². The number of fused-ring (bicyclic) bond motifs is 2. The summed E-state index contributed by atoms with van der Waals surface area (Å²) in [4.78, 5) is 17.7. The highest BCUT2D eigenvalue weighted by Gasteiger charge is 2.38. The Morgan fingerprint density at radius 3 is 2.58 bits per heavy atom. The molecule has 1 saturated heterocycles. The van der Waals surface area contributed by atoms with Crippen LogP contribution in [0.25, 0.3) is 10.9 Å². The lowest BCUT2D eigenvalue weighted by Gasteiger charge is -2.29. The number of H-pyrrole nitrogens is 1. The number of quaternary nitrogens is 1. The van der Waals surface area contributed by atoms with Gasteiger partial charge in [-0.1, -0.05) is 6.92 Å². The molecule has 4 heterocycles. The molecule has 2 aliphatic heterocycles. The molecule has 0 bridgehead atoms. The van der Waals surface area contributed by atoms with Gasteiger partial charge in [0.05, 0.1) is 29.7 Å². The second-order valence-corrected chi connectivity index (χ2v) is 9.05. The van der Waals surface area contributed by atoms with Crippen molar-refractivity contribution in [3.05, 3.63) is 39.9 Å². The van der Waals surface area contributed by atoms with E-state index in [1.54, 1.807) is 0 Å². The molecule has 2 aromatic heterocycles. The first-order chi connectivity index (χ1) is 15.0. The Hall–Kier alpha value is -2.94. The molecule has 0 unspecified atom stereocenters. The zero-order chi connectivity index (χ0) is 21.6. The SMILES string of the molecule is CCC(C)(C)n1nnnc1[C@@H](c1cc2cc3c(cc2[nH]c1=O)OCCO3)[NH+]1CCCC1. The minimum absolute atomic E-state index is 0.113. The van der Waals surface area contributed by atoms with Crippen LogP contribution in [0.2, 0.25) is 0 Å². The Labute approximate surface area is 180 Å². The van der Waals surface area contributed by atoms with Crippen LogP contribution in [0.5, 0.6) is 11.5 Å². The number of aromatic amines is 1. The molecule has 5 rings (SSSR count). The first kappa shape index (κ1) is 20.0. The van der Waals surface area contributed by atoms with Gasteiger partial charge in [-0.3, -0.25) is 4.79 Å². The summed E-state index contributed by atoms with van der Waals surface area (Å²) in [6.45, 7) is 9.38. The van der Waals surface area contributed by atoms with Crippen LogP contribution in [0.3, 0.4) is 0 Å². The Bertz CT molecular complexity index is 1160. The monoisotopic (exact) mass is 425 g/mol. The maximum absolute atomic E-state index is 13.3. The van der Waals surface area contributed by atoms with E-state index in [0.29, 0.717) is 30.3 Å². The molecule has 1 fully saturated rings. The van der Waals surface area contributed by atoms with Crippen LogP contribution < -0.4 is 19.9 Å². The largest absolute Gasteiger partial charge is 0.486 e. The number of pyridine rings is 1. The minimum Gasteiger partial charge on any atom is -0.486 e. The fraction of sp³-hybridized carbons (Fsp3) is 0.545. The number of benzene rings is 1. The van der Waals surface area contributed by atoms with Gasteiger partial charge < -0.3 is 19.4 Å². The van der Waals surface area contributed by atoms with Gasteiger partial charge in [0.2, 0.25) is 5.82 Å². The topological polar surface area (TPSA) is 99.4 Å². The van der Waals surface area contributed by atoms with E-state index < -0.39 is 0 Å². The minimum atomic E-state index is -0.246. The van der Waals surface area contributed by atoms with E-state index in [1.165, 1.54) is 4.90 Å². The molecule has 164 valence electrons. The van der Waals surface area contributed by atoms with E-state index >= 15 is 0 Å². The lowest BCUT2D eigenvalue weighted by atomic mass is 9.99. The van der Waals surface area contributed by atoms with E-state index in [0.717, 1.165) is 49.1 Å². The van der Waals surface area contributed by atoms with Gasteiger partial charge >= 0.3 is 0 Å². The number of ether oxygens (including phenoxy) is 2. The lowest BCUT2D eigenvalue weighted by Crippen LogP contribution is -3.10. The lowest BCUT2D eigenvalue weighted by molar-refractivity contribution is -0.914. The van der Waals surface area contributed by atoms with Gasteiger partial charge in [0.15, 0.2) is 17.5 Å². The summed E-state index contributed by atoms with van der Waals surface area (Å²) in [5, 5.41) is 13.7. The van der Waals surface area contributed by atoms with Crippen LogP contribution in [0.4, 0.5) is 0 Å². The number of hydrogen-bond donors (Lipinski definition) is 2. The second kappa shape index (κ2) is 7.64. The first-order valence-electron chi connectivity index (χ1n) is 11.1. The third kappa shape index (κ3) is 3.46. The zero-order valence-electron chi connectivity index (χ0n) is 18.3. The number of likely N-dealkylation sites (tertiary alicyclic amines) is 1. The summed E-state index contributed by atoms with van der Waals surface area (Å²) in [5.74, 6) is 2.11. The average molecular weight is 426 g/mol. The normalized spacial score (nSPS) is 17.9. The van der Waals surface area contributed by atoms with E-state index in [9.17, 15) is 4.79 Å². The summed E-state index contributed by atoms with van der Waals surface area (Å²) in [6.07, 6.45) is 3.15. The maximum atomic E-state index is 13.3. The van der Waals surface area contributed by atoms with Crippen LogP contribution in [0.15, 0.2) is 23.0 Å². The highest BCUT2D eigenvalue weighted by atomic mass is 16.6. The molecular formula is C22H29N6O3+. The van der Waals surface area contributed by atoms with Crippen LogP contribution in [0.1, 0.15) is 57.5 Å². The van der Waals surface area contributed by atoms with E-state index in [-0.39, 0.29) is 17.1 Å². The number of nitrogens with zero attached hydrogens (tertiary/aromatic N) is 4. The van der Waals surface area contributed by atoms with Crippen molar-refractivity contribution in [3.63, 3.8) is 0 Å². The molecule has 1 aromatic carbocycles. The molecular weight excluding hydrogens is 396 g/mol. The summed E-state index contributed by atoms with van der Waals surface area (Å²) in [5.41, 5.74) is 1.06. The predicted octanol–water partition coefficient (Wildman–Crippen LogP) is 1.20. The van der Waals surface area contributed by atoms with Gasteiger partial charge in [0, 0.05) is 24.3 Å². The smallest absolute Gasteiger partial charge is 0.258 e. The van der Waals surface area contributed by atoms with Gasteiger partial charge in [-0.25, -0.2) is 4.68 Å². The quantitative estimate of drug-likeness (QED) is 0.637. The Kier molecular flexibility index (Phi) is 4.92. The molecule has 9 nitrogen and oxygen atoms in total. The second-order valence-electron chi connectivity index (χ2n) is 9.05. The van der Waals surface area contributed by atoms with Crippen molar-refractivity contribution in [1.29, 1.82) is 0 Å². The molecule has 0 spiro atoms. The third-order valence-corrected chi connectivity index (χ3v) is 6.69. The van der Waals surface area contributed by atoms with Gasteiger partial charge in [0.1, 0.15) is 13.2 Å². The molecule has 0 radical (unpaired) electrons. The zero-order valence-corrected chi connectivity index (χ0v) is 18.3. The number of aromatic nitrogens is 5. The Balaban J connectivity index is 1.68. The molecule has 2 N–H and O–H groups in total. The maximum Gasteiger partial charge on any atom is 0.258 e. The van der Waals surface area contributed by atoms with Gasteiger partial charge in [-0.15, -0.1) is 5.10 Å². The van der Waals surface area contributed by atoms with Crippen molar-refractivity contribution in [3.8, 4) is 11.5 Å². The first-order valence-corrected chi connectivity index (χ1v) is 11.1. The van der Waals surface area contributed by atoms with Gasteiger partial charge in [-0.05, 0) is 42.8 Å². The molecule has 0 saturated carbocycles. The summed E-state index contributed by atoms with van der Waals surface area (Å²) in [6, 6.07) is 5.53. The molecule has 0 amide bonds. The van der Waals surface area contributed by atoms with Crippen LogP contribution in [0, 0.1) is 0 Å². The molecule has 2 aliphatic rings. The highest BCUT2D eigenvalue weighted by Crippen LogP contribution is 2.34. The van der Waals surface area contributed by atoms with Crippen LogP contribution in [-0.2, 0) is 5.54 Å². The van der Waals surface area contributed by atoms with E-state index in [1.807, 2.05) is 22.9 Å². The number of nitrogens with one attached hydrogen (secondary N) is 2. The van der Waals surface area contributed by atoms with Gasteiger partial charge in [-0.2, -0.15) is 0 Å². The predicted molar refractivity (Wildman–Crippen MR) is 115 cm³/mol. The summed E-state index contributed by atoms with van der Waals surface area (Å²) in [7, 11) is 0. The van der Waals surface area contributed by atoms with Crippen molar-refractivity contribution in [2.24, 2.45) is 0 Å². The van der Waals surface area contributed by atoms with E-state index in [2.05, 4.69) is 41.3 Å². The highest BCUT2D eigenvalue weighted by molar-refractivity contribution is 5.83. The number of rotatable bonds is 5. The summed E-state index contributed by atoms with van der Waals surface area (Å²) >= 11 is 0. The van der Waals surface area contributed by atoms with Crippen molar-refractivity contribution < 1.29 is 14.4 Å². The van der Waals surface area contributed by atoms with Gasteiger partial charge in [0.25, 0.3) is 5.56 Å². The fourth-order valence-electron chi connectivity index (χ4n) is 4.59. The van der Waals surface area contributed by atoms with Crippen LogP contribution >= 0.6 is 0 Å². The Morgan fingerprint density at radius 1 is 1.16 bits per heavy atom. The Morgan fingerprint density at radius 2 is 1.87 bits per heavy atom. The summed E-state index contributed by atoms with van der Waals surface area (Å²) < 4.78 is 13.3. The standard InChI is InChI=1S/C22H28N6O3/c1-4-22(2,3)28-20(24-25-26-28)19(27-7-5-6-8-27)15-11-14-12-17-18(31-10-9-30-17)13-16(14)23-21(15)29/h11-13,19H,4-10H2,1-3H3,(H,23,29)/p+1/t19-/m1/s1. The van der Waals surface area contributed by atoms with Crippen molar-refractivity contribution in [2.45, 2.75) is 51.6 Å². The molecule has 9 heteroatoms. The van der Waals surface area contributed by atoms with Crippen molar-refractivity contribution in [1.82, 2.24) is 25.2 Å². The third-order valence-electron chi connectivity index (χ3n) is 6.69. The number of tetrazole rings is 1.